The highest BCUT2D eigenvalue weighted by Crippen LogP contribution is 2.50. The molecule has 0 saturated carbocycles. The Morgan fingerprint density at radius 2 is 0.938 bits per heavy atom. The van der Waals surface area contributed by atoms with E-state index in [1.807, 2.05) is 72.8 Å². The maximum atomic E-state index is 6.20. The molecule has 1 aliphatic heterocycles. The molecule has 32 heavy (non-hydrogen) atoms. The number of rotatable bonds is 3. The summed E-state index contributed by atoms with van der Waals surface area (Å²) >= 11 is 0. The Kier molecular flexibility index (Phi) is 4.43. The molecular formula is C29H20N2O. The van der Waals surface area contributed by atoms with E-state index in [9.17, 15) is 0 Å². The summed E-state index contributed by atoms with van der Waals surface area (Å²) < 4.78 is 6.20. The Balaban J connectivity index is 1.61. The van der Waals surface area contributed by atoms with Gasteiger partial charge in [-0.3, -0.25) is 0 Å². The van der Waals surface area contributed by atoms with Crippen molar-refractivity contribution in [3.8, 4) is 34.0 Å². The van der Waals surface area contributed by atoms with Crippen LogP contribution in [0.1, 0.15) is 0 Å². The van der Waals surface area contributed by atoms with Gasteiger partial charge in [0.2, 0.25) is 0 Å². The lowest BCUT2D eigenvalue weighted by Crippen LogP contribution is -2.16. The van der Waals surface area contributed by atoms with E-state index in [-0.39, 0.29) is 0 Å². The number of benzene rings is 4. The molecule has 0 bridgehead atoms. The van der Waals surface area contributed by atoms with Gasteiger partial charge in [0.05, 0.1) is 28.5 Å². The van der Waals surface area contributed by atoms with E-state index < -0.39 is 0 Å². The zero-order valence-corrected chi connectivity index (χ0v) is 17.3. The van der Waals surface area contributed by atoms with Crippen LogP contribution in [0.25, 0.3) is 22.5 Å². The summed E-state index contributed by atoms with van der Waals surface area (Å²) in [6, 6.07) is 41.2. The molecule has 0 amide bonds. The largest absolute Gasteiger partial charge is 0.453 e. The van der Waals surface area contributed by atoms with Crippen molar-refractivity contribution in [2.75, 3.05) is 4.90 Å². The van der Waals surface area contributed by atoms with Gasteiger partial charge < -0.3 is 9.64 Å². The monoisotopic (exact) mass is 412 g/mol. The summed E-state index contributed by atoms with van der Waals surface area (Å²) in [5.74, 6) is 1.68. The third-order valence-corrected chi connectivity index (χ3v) is 5.64. The molecule has 1 aliphatic rings. The number of pyridine rings is 1. The Labute approximate surface area is 187 Å². The van der Waals surface area contributed by atoms with Gasteiger partial charge in [-0.15, -0.1) is 0 Å². The summed E-state index contributed by atoms with van der Waals surface area (Å²) in [5.41, 5.74) is 7.10. The quantitative estimate of drug-likeness (QED) is 0.294. The van der Waals surface area contributed by atoms with Crippen LogP contribution in [0.4, 0.5) is 17.1 Å². The third kappa shape index (κ3) is 3.21. The fraction of sp³-hybridized carbons (Fsp3) is 0. The number of para-hydroxylation sites is 4. The van der Waals surface area contributed by atoms with Gasteiger partial charge in [-0.1, -0.05) is 84.9 Å². The number of fused-ring (bicyclic) bond motifs is 2. The summed E-state index contributed by atoms with van der Waals surface area (Å²) in [7, 11) is 0. The molecule has 0 fully saturated rings. The van der Waals surface area contributed by atoms with Crippen LogP contribution in [0.15, 0.2) is 121 Å². The lowest BCUT2D eigenvalue weighted by Gasteiger charge is -2.33. The molecule has 3 nitrogen and oxygen atoms in total. The molecule has 0 aliphatic carbocycles. The van der Waals surface area contributed by atoms with Crippen LogP contribution in [-0.2, 0) is 0 Å². The van der Waals surface area contributed by atoms with Gasteiger partial charge in [0, 0.05) is 11.1 Å². The smallest absolute Gasteiger partial charge is 0.151 e. The molecule has 1 aromatic heterocycles. The first-order valence-corrected chi connectivity index (χ1v) is 10.7. The molecule has 152 valence electrons. The van der Waals surface area contributed by atoms with E-state index in [0.29, 0.717) is 0 Å². The molecule has 0 saturated heterocycles. The zero-order valence-electron chi connectivity index (χ0n) is 17.3. The highest BCUT2D eigenvalue weighted by atomic mass is 16.5. The normalized spacial score (nSPS) is 11.9. The molecule has 6 rings (SSSR count). The van der Waals surface area contributed by atoms with Crippen molar-refractivity contribution in [1.29, 1.82) is 0 Å². The SMILES string of the molecule is c1ccc(-c2cc(N3c4ccccc4Oc4ccccc43)cc(-c3ccccc3)n2)cc1. The molecule has 3 heteroatoms. The van der Waals surface area contributed by atoms with Gasteiger partial charge in [-0.25, -0.2) is 4.98 Å². The Morgan fingerprint density at radius 3 is 1.44 bits per heavy atom. The van der Waals surface area contributed by atoms with Gasteiger partial charge >= 0.3 is 0 Å². The van der Waals surface area contributed by atoms with Gasteiger partial charge in [0.1, 0.15) is 0 Å². The van der Waals surface area contributed by atoms with Crippen molar-refractivity contribution in [2.24, 2.45) is 0 Å². The number of anilines is 3. The summed E-state index contributed by atoms with van der Waals surface area (Å²) in [4.78, 5) is 7.28. The fourth-order valence-electron chi connectivity index (χ4n) is 4.14. The van der Waals surface area contributed by atoms with E-state index in [2.05, 4.69) is 53.4 Å². The van der Waals surface area contributed by atoms with Crippen molar-refractivity contribution < 1.29 is 4.74 Å². The van der Waals surface area contributed by atoms with Crippen LogP contribution in [-0.4, -0.2) is 4.98 Å². The van der Waals surface area contributed by atoms with Crippen LogP contribution >= 0.6 is 0 Å². The predicted molar refractivity (Wildman–Crippen MR) is 130 cm³/mol. The van der Waals surface area contributed by atoms with Crippen molar-refractivity contribution in [3.05, 3.63) is 121 Å². The first-order chi connectivity index (χ1) is 15.9. The molecule has 0 radical (unpaired) electrons. The number of aromatic nitrogens is 1. The van der Waals surface area contributed by atoms with Crippen molar-refractivity contribution >= 4 is 17.1 Å². The van der Waals surface area contributed by atoms with Gasteiger partial charge in [0.15, 0.2) is 11.5 Å². The maximum Gasteiger partial charge on any atom is 0.151 e. The third-order valence-electron chi connectivity index (χ3n) is 5.64. The fourth-order valence-corrected chi connectivity index (χ4v) is 4.14. The second-order valence-corrected chi connectivity index (χ2v) is 7.70. The second-order valence-electron chi connectivity index (χ2n) is 7.70. The van der Waals surface area contributed by atoms with Crippen LogP contribution in [0.3, 0.4) is 0 Å². The van der Waals surface area contributed by atoms with E-state index in [4.69, 9.17) is 9.72 Å². The first-order valence-electron chi connectivity index (χ1n) is 10.7. The number of nitrogens with zero attached hydrogens (tertiary/aromatic N) is 2. The molecule has 4 aromatic carbocycles. The van der Waals surface area contributed by atoms with Crippen molar-refractivity contribution in [2.45, 2.75) is 0 Å². The Morgan fingerprint density at radius 1 is 0.500 bits per heavy atom. The number of hydrogen-bond donors (Lipinski definition) is 0. The van der Waals surface area contributed by atoms with Gasteiger partial charge in [-0.2, -0.15) is 0 Å². The maximum absolute atomic E-state index is 6.20. The highest BCUT2D eigenvalue weighted by Gasteiger charge is 2.26. The average molecular weight is 412 g/mol. The number of ether oxygens (including phenoxy) is 1. The molecular weight excluding hydrogens is 392 g/mol. The predicted octanol–water partition coefficient (Wildman–Crippen LogP) is 7.99. The second kappa shape index (κ2) is 7.71. The first kappa shape index (κ1) is 18.4. The molecule has 0 unspecified atom stereocenters. The lowest BCUT2D eigenvalue weighted by atomic mass is 10.0. The lowest BCUT2D eigenvalue weighted by molar-refractivity contribution is 0.477. The Bertz CT molecular complexity index is 1290. The van der Waals surface area contributed by atoms with Crippen molar-refractivity contribution in [1.82, 2.24) is 4.98 Å². The average Bonchev–Trinajstić information content (AvgIpc) is 2.88. The van der Waals surface area contributed by atoms with E-state index in [1.165, 1.54) is 0 Å². The highest BCUT2D eigenvalue weighted by molar-refractivity contribution is 5.88. The van der Waals surface area contributed by atoms with Crippen LogP contribution in [0.5, 0.6) is 11.5 Å². The minimum absolute atomic E-state index is 0.838. The topological polar surface area (TPSA) is 25.4 Å². The van der Waals surface area contributed by atoms with E-state index in [1.54, 1.807) is 0 Å². The summed E-state index contributed by atoms with van der Waals surface area (Å²) in [5, 5.41) is 0. The summed E-state index contributed by atoms with van der Waals surface area (Å²) in [6.07, 6.45) is 0. The minimum Gasteiger partial charge on any atom is -0.453 e. The van der Waals surface area contributed by atoms with Crippen LogP contribution in [0.2, 0.25) is 0 Å². The van der Waals surface area contributed by atoms with Gasteiger partial charge in [0.25, 0.3) is 0 Å². The molecule has 0 spiro atoms. The molecule has 0 N–H and O–H groups in total. The summed E-state index contributed by atoms with van der Waals surface area (Å²) in [6.45, 7) is 0. The zero-order chi connectivity index (χ0) is 21.3. The minimum atomic E-state index is 0.838. The van der Waals surface area contributed by atoms with E-state index >= 15 is 0 Å². The van der Waals surface area contributed by atoms with Crippen LogP contribution < -0.4 is 9.64 Å². The van der Waals surface area contributed by atoms with E-state index in [0.717, 1.165) is 51.1 Å². The molecule has 0 atom stereocenters. The van der Waals surface area contributed by atoms with Gasteiger partial charge in [-0.05, 0) is 36.4 Å². The van der Waals surface area contributed by atoms with Crippen molar-refractivity contribution in [3.63, 3.8) is 0 Å². The standard InChI is InChI=1S/C29H20N2O/c1-3-11-21(12-4-1)24-19-23(20-25(30-24)22-13-5-2-6-14-22)31-26-15-7-9-17-28(26)32-29-18-10-8-16-27(29)31/h1-20H. The Hall–Kier alpha value is -4.37. The van der Waals surface area contributed by atoms with Crippen LogP contribution in [0, 0.1) is 0 Å². The molecule has 5 aromatic rings. The number of hydrogen-bond acceptors (Lipinski definition) is 3. The molecule has 2 heterocycles.